The second kappa shape index (κ2) is 5.83. The molecule has 0 saturated heterocycles. The highest BCUT2D eigenvalue weighted by atomic mass is 127. The maximum absolute atomic E-state index is 13.9. The van der Waals surface area contributed by atoms with Gasteiger partial charge in [0, 0.05) is 9.13 Å². The summed E-state index contributed by atoms with van der Waals surface area (Å²) in [6.07, 6.45) is 0. The van der Waals surface area contributed by atoms with Crippen LogP contribution in [0.15, 0.2) is 30.3 Å². The lowest BCUT2D eigenvalue weighted by molar-refractivity contribution is 0.0594. The number of carbonyl (C=O) groups excluding carboxylic acids is 1. The number of benzene rings is 1. The lowest BCUT2D eigenvalue weighted by atomic mass is 10.1. The minimum atomic E-state index is -0.697. The van der Waals surface area contributed by atoms with Crippen molar-refractivity contribution in [3.8, 4) is 11.3 Å². The van der Waals surface area contributed by atoms with Gasteiger partial charge >= 0.3 is 5.97 Å². The molecule has 0 unspecified atom stereocenters. The molecule has 0 radical (unpaired) electrons. The molecule has 0 aliphatic heterocycles. The van der Waals surface area contributed by atoms with E-state index in [0.29, 0.717) is 5.56 Å². The van der Waals surface area contributed by atoms with Crippen molar-refractivity contribution in [2.75, 3.05) is 7.11 Å². The summed E-state index contributed by atoms with van der Waals surface area (Å²) in [7, 11) is 1.22. The summed E-state index contributed by atoms with van der Waals surface area (Å²) < 4.78 is 19.5. The van der Waals surface area contributed by atoms with Crippen LogP contribution >= 0.6 is 34.2 Å². The molecule has 3 nitrogen and oxygen atoms in total. The normalized spacial score (nSPS) is 10.3. The van der Waals surface area contributed by atoms with E-state index in [1.807, 2.05) is 12.1 Å². The summed E-state index contributed by atoms with van der Waals surface area (Å²) in [6.45, 7) is 0. The third-order valence-corrected chi connectivity index (χ3v) is 3.43. The number of carbonyl (C=O) groups is 1. The highest BCUT2D eigenvalue weighted by Gasteiger charge is 2.18. The van der Waals surface area contributed by atoms with E-state index >= 15 is 0 Å². The van der Waals surface area contributed by atoms with Crippen molar-refractivity contribution in [3.63, 3.8) is 0 Å². The first-order valence-corrected chi connectivity index (χ1v) is 6.69. The number of halogens is 3. The Balaban J connectivity index is 2.57. The number of ether oxygens (including phenoxy) is 1. The molecule has 0 N–H and O–H groups in total. The topological polar surface area (TPSA) is 39.2 Å². The molecule has 98 valence electrons. The van der Waals surface area contributed by atoms with E-state index < -0.39 is 11.8 Å². The third-order valence-electron chi connectivity index (χ3n) is 2.43. The van der Waals surface area contributed by atoms with Gasteiger partial charge in [-0.2, -0.15) is 0 Å². The number of rotatable bonds is 2. The fourth-order valence-corrected chi connectivity index (χ4v) is 2.09. The molecule has 0 aliphatic rings. The van der Waals surface area contributed by atoms with Crippen LogP contribution in [0.1, 0.15) is 10.5 Å². The van der Waals surface area contributed by atoms with E-state index in [1.165, 1.54) is 7.11 Å². The molecule has 1 aromatic heterocycles. The van der Waals surface area contributed by atoms with Gasteiger partial charge in [-0.05, 0) is 40.8 Å². The zero-order valence-corrected chi connectivity index (χ0v) is 12.7. The first-order valence-electron chi connectivity index (χ1n) is 5.23. The molecule has 0 bridgehead atoms. The lowest BCUT2D eigenvalue weighted by Crippen LogP contribution is -2.07. The van der Waals surface area contributed by atoms with Gasteiger partial charge in [0.1, 0.15) is 5.69 Å². The third kappa shape index (κ3) is 3.03. The molecule has 0 aliphatic carbocycles. The SMILES string of the molecule is COC(=O)c1nc(-c2ccc(I)cc2)c(F)cc1Cl. The standard InChI is InChI=1S/C13H8ClFINO2/c1-19-13(18)12-9(14)6-10(15)11(17-12)7-2-4-8(16)5-3-7/h2-6H,1H3. The Bertz CT molecular complexity index is 631. The zero-order chi connectivity index (χ0) is 14.0. The summed E-state index contributed by atoms with van der Waals surface area (Å²) >= 11 is 7.93. The quantitative estimate of drug-likeness (QED) is 0.575. The minimum Gasteiger partial charge on any atom is -0.464 e. The molecule has 0 atom stereocenters. The van der Waals surface area contributed by atoms with Gasteiger partial charge in [0.15, 0.2) is 11.5 Å². The minimum absolute atomic E-state index is 0.0706. The van der Waals surface area contributed by atoms with Crippen LogP contribution in [-0.2, 0) is 4.74 Å². The number of hydrogen-bond acceptors (Lipinski definition) is 3. The van der Waals surface area contributed by atoms with E-state index in [9.17, 15) is 9.18 Å². The summed E-state index contributed by atoms with van der Waals surface area (Å²) in [5.41, 5.74) is 0.542. The number of esters is 1. The average molecular weight is 392 g/mol. The Kier molecular flexibility index (Phi) is 4.36. The van der Waals surface area contributed by atoms with Crippen LogP contribution < -0.4 is 0 Å². The van der Waals surface area contributed by atoms with E-state index in [-0.39, 0.29) is 16.4 Å². The highest BCUT2D eigenvalue weighted by Crippen LogP contribution is 2.26. The first kappa shape index (κ1) is 14.2. The van der Waals surface area contributed by atoms with Gasteiger partial charge in [-0.1, -0.05) is 23.7 Å². The van der Waals surface area contributed by atoms with Crippen molar-refractivity contribution in [3.05, 3.63) is 50.4 Å². The molecule has 19 heavy (non-hydrogen) atoms. The molecule has 0 spiro atoms. The Morgan fingerprint density at radius 2 is 2.00 bits per heavy atom. The smallest absolute Gasteiger partial charge is 0.358 e. The van der Waals surface area contributed by atoms with Gasteiger partial charge in [-0.3, -0.25) is 0 Å². The van der Waals surface area contributed by atoms with E-state index in [4.69, 9.17) is 11.6 Å². The zero-order valence-electron chi connectivity index (χ0n) is 9.78. The molecule has 1 aromatic carbocycles. The van der Waals surface area contributed by atoms with Gasteiger partial charge in [0.25, 0.3) is 0 Å². The van der Waals surface area contributed by atoms with Crippen molar-refractivity contribution < 1.29 is 13.9 Å². The molecular weight excluding hydrogens is 384 g/mol. The summed E-state index contributed by atoms with van der Waals surface area (Å²) in [6, 6.07) is 8.16. The number of nitrogens with zero attached hydrogens (tertiary/aromatic N) is 1. The van der Waals surface area contributed by atoms with Gasteiger partial charge in [-0.25, -0.2) is 14.2 Å². The van der Waals surface area contributed by atoms with Crippen molar-refractivity contribution in [2.45, 2.75) is 0 Å². The van der Waals surface area contributed by atoms with Crippen LogP contribution in [0, 0.1) is 9.39 Å². The van der Waals surface area contributed by atoms with E-state index in [2.05, 4.69) is 32.3 Å². The van der Waals surface area contributed by atoms with Crippen LogP contribution in [0.2, 0.25) is 5.02 Å². The number of methoxy groups -OCH3 is 1. The average Bonchev–Trinajstić information content (AvgIpc) is 2.39. The van der Waals surface area contributed by atoms with Gasteiger partial charge in [-0.15, -0.1) is 0 Å². The maximum Gasteiger partial charge on any atom is 0.358 e. The number of aromatic nitrogens is 1. The highest BCUT2D eigenvalue weighted by molar-refractivity contribution is 14.1. The van der Waals surface area contributed by atoms with Crippen molar-refractivity contribution >= 4 is 40.2 Å². The van der Waals surface area contributed by atoms with Gasteiger partial charge in [0.2, 0.25) is 0 Å². The Hall–Kier alpha value is -1.21. The first-order chi connectivity index (χ1) is 9.02. The molecule has 2 rings (SSSR count). The van der Waals surface area contributed by atoms with Crippen molar-refractivity contribution in [1.82, 2.24) is 4.98 Å². The van der Waals surface area contributed by atoms with Crippen LogP contribution in [0.25, 0.3) is 11.3 Å². The number of pyridine rings is 1. The summed E-state index contributed by atoms with van der Waals surface area (Å²) in [5.74, 6) is -1.28. The predicted octanol–water partition coefficient (Wildman–Crippen LogP) is 3.93. The van der Waals surface area contributed by atoms with Crippen molar-refractivity contribution in [1.29, 1.82) is 0 Å². The molecule has 0 fully saturated rings. The van der Waals surface area contributed by atoms with Crippen LogP contribution in [0.4, 0.5) is 4.39 Å². The van der Waals surface area contributed by atoms with Crippen LogP contribution in [0.3, 0.4) is 0 Å². The Labute approximate surface area is 127 Å². The Morgan fingerprint density at radius 1 is 1.37 bits per heavy atom. The fraction of sp³-hybridized carbons (Fsp3) is 0.0769. The molecule has 0 saturated carbocycles. The van der Waals surface area contributed by atoms with Crippen LogP contribution in [-0.4, -0.2) is 18.1 Å². The largest absolute Gasteiger partial charge is 0.464 e. The molecule has 2 aromatic rings. The summed E-state index contributed by atoms with van der Waals surface area (Å²) in [5, 5.41) is -0.0707. The van der Waals surface area contributed by atoms with Crippen molar-refractivity contribution in [2.24, 2.45) is 0 Å². The lowest BCUT2D eigenvalue weighted by Gasteiger charge is -2.07. The second-order valence-electron chi connectivity index (χ2n) is 3.65. The van der Waals surface area contributed by atoms with E-state index in [1.54, 1.807) is 12.1 Å². The molecule has 1 heterocycles. The molecular formula is C13H8ClFINO2. The monoisotopic (exact) mass is 391 g/mol. The van der Waals surface area contributed by atoms with E-state index in [0.717, 1.165) is 9.64 Å². The van der Waals surface area contributed by atoms with Crippen LogP contribution in [0.5, 0.6) is 0 Å². The fourth-order valence-electron chi connectivity index (χ4n) is 1.52. The second-order valence-corrected chi connectivity index (χ2v) is 5.30. The molecule has 6 heteroatoms. The van der Waals surface area contributed by atoms with Gasteiger partial charge < -0.3 is 4.74 Å². The summed E-state index contributed by atoms with van der Waals surface area (Å²) in [4.78, 5) is 15.4. The maximum atomic E-state index is 13.9. The number of hydrogen-bond donors (Lipinski definition) is 0. The molecule has 0 amide bonds. The Morgan fingerprint density at radius 3 is 2.58 bits per heavy atom. The van der Waals surface area contributed by atoms with Gasteiger partial charge in [0.05, 0.1) is 12.1 Å². The predicted molar refractivity (Wildman–Crippen MR) is 78.7 cm³/mol.